The summed E-state index contributed by atoms with van der Waals surface area (Å²) in [4.78, 5) is 12.1. The van der Waals surface area contributed by atoms with Crippen LogP contribution in [-0.4, -0.2) is 25.5 Å². The van der Waals surface area contributed by atoms with Gasteiger partial charge in [-0.3, -0.25) is 14.2 Å². The van der Waals surface area contributed by atoms with E-state index < -0.39 is 17.8 Å². The number of carbonyl (C=O) groups excluding carboxylic acids is 1. The number of carbonyl (C=O) groups is 1. The number of halogens is 4. The molecule has 0 unspecified atom stereocenters. The predicted molar refractivity (Wildman–Crippen MR) is 88.3 cm³/mol. The first kappa shape index (κ1) is 18.6. The van der Waals surface area contributed by atoms with Gasteiger partial charge in [0.2, 0.25) is 5.91 Å². The predicted octanol–water partition coefficient (Wildman–Crippen LogP) is 3.23. The molecule has 0 aliphatic heterocycles. The minimum Gasteiger partial charge on any atom is -0.308 e. The van der Waals surface area contributed by atoms with Gasteiger partial charge >= 0.3 is 6.18 Å². The number of aryl methyl sites for hydroxylation is 1. The number of alkyl halides is 3. The fraction of sp³-hybridized carbons (Fsp3) is 0.235. The Labute approximate surface area is 151 Å². The molecule has 1 aromatic carbocycles. The quantitative estimate of drug-likeness (QED) is 0.690. The van der Waals surface area contributed by atoms with Gasteiger partial charge < -0.3 is 5.32 Å². The van der Waals surface area contributed by atoms with E-state index in [9.17, 15) is 22.4 Å². The monoisotopic (exact) mass is 381 g/mol. The summed E-state index contributed by atoms with van der Waals surface area (Å²) in [6, 6.07) is 8.44. The smallest absolute Gasteiger partial charge is 0.308 e. The van der Waals surface area contributed by atoms with Crippen molar-refractivity contribution >= 4 is 11.7 Å². The third kappa shape index (κ3) is 4.72. The molecule has 0 atom stereocenters. The Morgan fingerprint density at radius 3 is 2.63 bits per heavy atom. The molecule has 142 valence electrons. The molecule has 10 heteroatoms. The molecule has 0 aliphatic rings. The van der Waals surface area contributed by atoms with Crippen molar-refractivity contribution in [1.82, 2.24) is 19.6 Å². The van der Waals surface area contributed by atoms with Crippen molar-refractivity contribution in [3.8, 4) is 0 Å². The normalized spacial score (nSPS) is 11.6. The molecule has 2 heterocycles. The molecule has 3 aromatic rings. The zero-order valence-electron chi connectivity index (χ0n) is 14.2. The number of anilines is 1. The molecule has 3 rings (SSSR count). The summed E-state index contributed by atoms with van der Waals surface area (Å²) in [5, 5.41) is 10.0. The standard InChI is InChI=1S/C17H15F4N5O/c1-11-7-14(17(19,20)21)23-26(11)10-16(27)22-15-5-6-25(24-15)9-12-3-2-4-13(18)8-12/h2-8H,9-10H2,1H3,(H,22,24,27). The van der Waals surface area contributed by atoms with Crippen molar-refractivity contribution in [3.05, 3.63) is 65.4 Å². The zero-order chi connectivity index (χ0) is 19.6. The third-order valence-electron chi connectivity index (χ3n) is 3.71. The fourth-order valence-corrected chi connectivity index (χ4v) is 2.47. The molecule has 0 saturated carbocycles. The van der Waals surface area contributed by atoms with Crippen molar-refractivity contribution in [3.63, 3.8) is 0 Å². The van der Waals surface area contributed by atoms with Crippen LogP contribution in [0.15, 0.2) is 42.6 Å². The number of hydrogen-bond acceptors (Lipinski definition) is 3. The highest BCUT2D eigenvalue weighted by atomic mass is 19.4. The van der Waals surface area contributed by atoms with Gasteiger partial charge in [0.05, 0.1) is 6.54 Å². The van der Waals surface area contributed by atoms with Crippen molar-refractivity contribution < 1.29 is 22.4 Å². The maximum atomic E-state index is 13.2. The van der Waals surface area contributed by atoms with Crippen LogP contribution in [0.4, 0.5) is 23.4 Å². The zero-order valence-corrected chi connectivity index (χ0v) is 14.2. The number of amides is 1. The van der Waals surface area contributed by atoms with E-state index in [0.717, 1.165) is 10.7 Å². The van der Waals surface area contributed by atoms with Crippen LogP contribution in [0.2, 0.25) is 0 Å². The number of nitrogens with zero attached hydrogens (tertiary/aromatic N) is 4. The maximum absolute atomic E-state index is 13.2. The van der Waals surface area contributed by atoms with Crippen LogP contribution in [0.5, 0.6) is 0 Å². The van der Waals surface area contributed by atoms with Gasteiger partial charge in [0.25, 0.3) is 0 Å². The van der Waals surface area contributed by atoms with E-state index in [1.54, 1.807) is 18.3 Å². The first-order chi connectivity index (χ1) is 12.7. The number of nitrogens with one attached hydrogen (secondary N) is 1. The summed E-state index contributed by atoms with van der Waals surface area (Å²) in [6.07, 6.45) is -2.97. The van der Waals surface area contributed by atoms with Crippen molar-refractivity contribution in [2.24, 2.45) is 0 Å². The highest BCUT2D eigenvalue weighted by Gasteiger charge is 2.34. The lowest BCUT2D eigenvalue weighted by atomic mass is 10.2. The lowest BCUT2D eigenvalue weighted by molar-refractivity contribution is -0.141. The minimum absolute atomic E-state index is 0.217. The fourth-order valence-electron chi connectivity index (χ4n) is 2.47. The van der Waals surface area contributed by atoms with E-state index in [1.807, 2.05) is 0 Å². The topological polar surface area (TPSA) is 64.7 Å². The van der Waals surface area contributed by atoms with Crippen molar-refractivity contribution in [2.45, 2.75) is 26.2 Å². The minimum atomic E-state index is -4.57. The van der Waals surface area contributed by atoms with Crippen LogP contribution in [0, 0.1) is 12.7 Å². The van der Waals surface area contributed by atoms with Gasteiger partial charge in [-0.05, 0) is 30.7 Å². The average molecular weight is 381 g/mol. The number of benzene rings is 1. The van der Waals surface area contributed by atoms with E-state index in [0.29, 0.717) is 12.1 Å². The molecule has 2 aromatic heterocycles. The first-order valence-electron chi connectivity index (χ1n) is 7.90. The van der Waals surface area contributed by atoms with Gasteiger partial charge in [0, 0.05) is 18.0 Å². The summed E-state index contributed by atoms with van der Waals surface area (Å²) in [5.41, 5.74) is -0.135. The molecule has 0 bridgehead atoms. The number of rotatable bonds is 5. The van der Waals surface area contributed by atoms with E-state index in [1.165, 1.54) is 29.8 Å². The molecule has 27 heavy (non-hydrogen) atoms. The Morgan fingerprint density at radius 2 is 1.96 bits per heavy atom. The molecule has 0 fully saturated rings. The van der Waals surface area contributed by atoms with Crippen LogP contribution in [0.1, 0.15) is 17.0 Å². The Bertz CT molecular complexity index is 960. The van der Waals surface area contributed by atoms with Crippen LogP contribution in [-0.2, 0) is 24.1 Å². The Hall–Kier alpha value is -3.17. The molecule has 1 amide bonds. The van der Waals surface area contributed by atoms with Crippen LogP contribution in [0.25, 0.3) is 0 Å². The van der Waals surface area contributed by atoms with Crippen LogP contribution < -0.4 is 5.32 Å². The van der Waals surface area contributed by atoms with Gasteiger partial charge in [0.1, 0.15) is 12.4 Å². The Kier molecular flexibility index (Phi) is 4.98. The highest BCUT2D eigenvalue weighted by molar-refractivity contribution is 5.89. The lowest BCUT2D eigenvalue weighted by Gasteiger charge is -2.05. The summed E-state index contributed by atoms with van der Waals surface area (Å²) in [5.74, 6) is -0.691. The molecular formula is C17H15F4N5O. The molecule has 0 radical (unpaired) electrons. The second-order valence-corrected chi connectivity index (χ2v) is 5.90. The first-order valence-corrected chi connectivity index (χ1v) is 7.90. The summed E-state index contributed by atoms with van der Waals surface area (Å²) in [7, 11) is 0. The molecule has 1 N–H and O–H groups in total. The Balaban J connectivity index is 1.62. The summed E-state index contributed by atoms with van der Waals surface area (Å²) < 4.78 is 53.7. The van der Waals surface area contributed by atoms with Gasteiger partial charge in [-0.1, -0.05) is 12.1 Å². The van der Waals surface area contributed by atoms with Gasteiger partial charge in [0.15, 0.2) is 11.5 Å². The Morgan fingerprint density at radius 1 is 1.19 bits per heavy atom. The molecule has 0 saturated heterocycles. The van der Waals surface area contributed by atoms with E-state index in [-0.39, 0.29) is 23.9 Å². The largest absolute Gasteiger partial charge is 0.435 e. The number of hydrogen-bond donors (Lipinski definition) is 1. The summed E-state index contributed by atoms with van der Waals surface area (Å²) >= 11 is 0. The summed E-state index contributed by atoms with van der Waals surface area (Å²) in [6.45, 7) is 1.36. The highest BCUT2D eigenvalue weighted by Crippen LogP contribution is 2.28. The lowest BCUT2D eigenvalue weighted by Crippen LogP contribution is -2.21. The third-order valence-corrected chi connectivity index (χ3v) is 3.71. The molecule has 0 aliphatic carbocycles. The van der Waals surface area contributed by atoms with Crippen LogP contribution >= 0.6 is 0 Å². The second kappa shape index (κ2) is 7.22. The number of aromatic nitrogens is 4. The average Bonchev–Trinajstić information content (AvgIpc) is 3.14. The van der Waals surface area contributed by atoms with Crippen molar-refractivity contribution in [2.75, 3.05) is 5.32 Å². The van der Waals surface area contributed by atoms with Gasteiger partial charge in [-0.25, -0.2) is 4.39 Å². The maximum Gasteiger partial charge on any atom is 0.435 e. The van der Waals surface area contributed by atoms with Gasteiger partial charge in [-0.15, -0.1) is 0 Å². The van der Waals surface area contributed by atoms with E-state index >= 15 is 0 Å². The SMILES string of the molecule is Cc1cc(C(F)(F)F)nn1CC(=O)Nc1ccn(Cc2cccc(F)c2)n1. The second-order valence-electron chi connectivity index (χ2n) is 5.90. The van der Waals surface area contributed by atoms with Gasteiger partial charge in [-0.2, -0.15) is 23.4 Å². The molecular weight excluding hydrogens is 366 g/mol. The molecule has 6 nitrogen and oxygen atoms in total. The van der Waals surface area contributed by atoms with E-state index in [4.69, 9.17) is 0 Å². The van der Waals surface area contributed by atoms with E-state index in [2.05, 4.69) is 15.5 Å². The van der Waals surface area contributed by atoms with Crippen molar-refractivity contribution in [1.29, 1.82) is 0 Å². The molecule has 0 spiro atoms. The van der Waals surface area contributed by atoms with Crippen LogP contribution in [0.3, 0.4) is 0 Å².